The maximum absolute atomic E-state index is 8.05. The lowest BCUT2D eigenvalue weighted by Gasteiger charge is -1.81. The van der Waals surface area contributed by atoms with E-state index in [0.717, 1.165) is 5.57 Å². The molecule has 0 atom stereocenters. The molecular formula is C6H9NO. The predicted molar refractivity (Wildman–Crippen MR) is 32.2 cm³/mol. The minimum atomic E-state index is 1.12. The zero-order valence-electron chi connectivity index (χ0n) is 4.89. The Morgan fingerprint density at radius 3 is 2.75 bits per heavy atom. The van der Waals surface area contributed by atoms with Crippen molar-refractivity contribution in [3.63, 3.8) is 0 Å². The van der Waals surface area contributed by atoms with Crippen molar-refractivity contribution in [1.29, 1.82) is 0 Å². The molecule has 0 aromatic carbocycles. The highest BCUT2D eigenvalue weighted by Crippen LogP contribution is 2.30. The van der Waals surface area contributed by atoms with Gasteiger partial charge in [0.1, 0.15) is 0 Å². The highest BCUT2D eigenvalue weighted by Gasteiger charge is 2.12. The van der Waals surface area contributed by atoms with Gasteiger partial charge in [0.25, 0.3) is 0 Å². The van der Waals surface area contributed by atoms with E-state index in [-0.39, 0.29) is 0 Å². The van der Waals surface area contributed by atoms with Crippen LogP contribution in [0.25, 0.3) is 0 Å². The van der Waals surface area contributed by atoms with E-state index in [2.05, 4.69) is 5.16 Å². The van der Waals surface area contributed by atoms with Crippen molar-refractivity contribution in [2.24, 2.45) is 5.16 Å². The van der Waals surface area contributed by atoms with E-state index in [1.807, 2.05) is 6.92 Å². The molecule has 0 radical (unpaired) electrons. The standard InChI is InChI=1S/C6H9NO/c1-5(4-7-8)6-2-3-6/h4,8H,2-3H2,1H3. The van der Waals surface area contributed by atoms with Gasteiger partial charge in [-0.25, -0.2) is 0 Å². The fourth-order valence-electron chi connectivity index (χ4n) is 0.635. The Hall–Kier alpha value is -0.790. The SMILES string of the molecule is CC(C=NO)=C1CC1. The summed E-state index contributed by atoms with van der Waals surface area (Å²) in [4.78, 5) is 0. The molecular weight excluding hydrogens is 102 g/mol. The minimum absolute atomic E-state index is 1.12. The van der Waals surface area contributed by atoms with Gasteiger partial charge < -0.3 is 5.21 Å². The van der Waals surface area contributed by atoms with Crippen molar-refractivity contribution in [2.45, 2.75) is 19.8 Å². The number of nitrogens with zero attached hydrogens (tertiary/aromatic N) is 1. The lowest BCUT2D eigenvalue weighted by molar-refractivity contribution is 0.321. The third kappa shape index (κ3) is 1.09. The monoisotopic (exact) mass is 111 g/mol. The van der Waals surface area contributed by atoms with Crippen LogP contribution in [0.15, 0.2) is 16.3 Å². The molecule has 0 unspecified atom stereocenters. The summed E-state index contributed by atoms with van der Waals surface area (Å²) in [6.45, 7) is 1.96. The second-order valence-corrected chi connectivity index (χ2v) is 2.03. The third-order valence-electron chi connectivity index (χ3n) is 1.31. The minimum Gasteiger partial charge on any atom is -0.411 e. The van der Waals surface area contributed by atoms with E-state index in [0.29, 0.717) is 0 Å². The molecule has 0 amide bonds. The predicted octanol–water partition coefficient (Wildman–Crippen LogP) is 1.56. The summed E-state index contributed by atoms with van der Waals surface area (Å²) < 4.78 is 0. The highest BCUT2D eigenvalue weighted by atomic mass is 16.4. The quantitative estimate of drug-likeness (QED) is 0.311. The van der Waals surface area contributed by atoms with Crippen molar-refractivity contribution in [3.8, 4) is 0 Å². The Morgan fingerprint density at radius 2 is 2.38 bits per heavy atom. The molecule has 1 rings (SSSR count). The largest absolute Gasteiger partial charge is 0.411 e. The van der Waals surface area contributed by atoms with Crippen LogP contribution in [-0.4, -0.2) is 11.4 Å². The van der Waals surface area contributed by atoms with E-state index in [9.17, 15) is 0 Å². The number of hydrogen-bond donors (Lipinski definition) is 1. The average molecular weight is 111 g/mol. The Bertz CT molecular complexity index is 141. The topological polar surface area (TPSA) is 32.6 Å². The van der Waals surface area contributed by atoms with Crippen LogP contribution in [0.3, 0.4) is 0 Å². The molecule has 0 bridgehead atoms. The van der Waals surface area contributed by atoms with Gasteiger partial charge in [-0.2, -0.15) is 0 Å². The molecule has 1 saturated carbocycles. The maximum Gasteiger partial charge on any atom is 0.0690 e. The van der Waals surface area contributed by atoms with Crippen LogP contribution >= 0.6 is 0 Å². The molecule has 2 heteroatoms. The lowest BCUT2D eigenvalue weighted by atomic mass is 10.3. The molecule has 1 fully saturated rings. The van der Waals surface area contributed by atoms with Crippen molar-refractivity contribution in [3.05, 3.63) is 11.1 Å². The van der Waals surface area contributed by atoms with Gasteiger partial charge in [0.15, 0.2) is 0 Å². The van der Waals surface area contributed by atoms with Crippen molar-refractivity contribution in [2.75, 3.05) is 0 Å². The van der Waals surface area contributed by atoms with E-state index < -0.39 is 0 Å². The van der Waals surface area contributed by atoms with Crippen molar-refractivity contribution in [1.82, 2.24) is 0 Å². The van der Waals surface area contributed by atoms with Gasteiger partial charge in [0, 0.05) is 0 Å². The summed E-state index contributed by atoms with van der Waals surface area (Å²) in [6, 6.07) is 0. The summed E-state index contributed by atoms with van der Waals surface area (Å²) in [7, 11) is 0. The second kappa shape index (κ2) is 1.99. The smallest absolute Gasteiger partial charge is 0.0690 e. The van der Waals surface area contributed by atoms with Gasteiger partial charge in [0.05, 0.1) is 6.21 Å². The van der Waals surface area contributed by atoms with Gasteiger partial charge in [0.2, 0.25) is 0 Å². The molecule has 0 aliphatic heterocycles. The summed E-state index contributed by atoms with van der Waals surface area (Å²) in [5, 5.41) is 11.0. The van der Waals surface area contributed by atoms with Crippen LogP contribution in [0.4, 0.5) is 0 Å². The first-order valence-electron chi connectivity index (χ1n) is 2.70. The fourth-order valence-corrected chi connectivity index (χ4v) is 0.635. The Balaban J connectivity index is 2.57. The number of oxime groups is 1. The van der Waals surface area contributed by atoms with Gasteiger partial charge in [-0.3, -0.25) is 0 Å². The maximum atomic E-state index is 8.05. The molecule has 0 saturated heterocycles. The normalized spacial score (nSPS) is 17.4. The molecule has 0 aromatic heterocycles. The molecule has 2 nitrogen and oxygen atoms in total. The zero-order chi connectivity index (χ0) is 5.98. The van der Waals surface area contributed by atoms with Gasteiger partial charge in [-0.1, -0.05) is 10.7 Å². The van der Waals surface area contributed by atoms with E-state index in [1.54, 1.807) is 0 Å². The van der Waals surface area contributed by atoms with Crippen molar-refractivity contribution >= 4 is 6.21 Å². The number of hydrogen-bond acceptors (Lipinski definition) is 2. The van der Waals surface area contributed by atoms with E-state index in [1.165, 1.54) is 24.6 Å². The molecule has 1 aliphatic carbocycles. The molecule has 8 heavy (non-hydrogen) atoms. The van der Waals surface area contributed by atoms with Gasteiger partial charge >= 0.3 is 0 Å². The van der Waals surface area contributed by atoms with Crippen LogP contribution in [0.2, 0.25) is 0 Å². The molecule has 44 valence electrons. The number of rotatable bonds is 1. The van der Waals surface area contributed by atoms with Crippen LogP contribution in [0.1, 0.15) is 19.8 Å². The zero-order valence-corrected chi connectivity index (χ0v) is 4.89. The Morgan fingerprint density at radius 1 is 1.75 bits per heavy atom. The molecule has 1 aliphatic rings. The molecule has 0 aromatic rings. The summed E-state index contributed by atoms with van der Waals surface area (Å²) in [5.74, 6) is 0. The number of allylic oxidation sites excluding steroid dienone is 2. The lowest BCUT2D eigenvalue weighted by Crippen LogP contribution is -1.74. The summed E-state index contributed by atoms with van der Waals surface area (Å²) in [6.07, 6.45) is 3.87. The first-order valence-corrected chi connectivity index (χ1v) is 2.70. The summed E-state index contributed by atoms with van der Waals surface area (Å²) in [5.41, 5.74) is 2.54. The summed E-state index contributed by atoms with van der Waals surface area (Å²) >= 11 is 0. The van der Waals surface area contributed by atoms with Crippen LogP contribution in [-0.2, 0) is 0 Å². The first kappa shape index (κ1) is 5.35. The first-order chi connectivity index (χ1) is 3.84. The average Bonchev–Trinajstić information content (AvgIpc) is 2.45. The van der Waals surface area contributed by atoms with Crippen LogP contribution < -0.4 is 0 Å². The molecule has 0 heterocycles. The van der Waals surface area contributed by atoms with Gasteiger partial charge in [-0.05, 0) is 25.3 Å². The molecule has 0 spiro atoms. The second-order valence-electron chi connectivity index (χ2n) is 2.03. The molecule has 1 N–H and O–H groups in total. The van der Waals surface area contributed by atoms with Crippen molar-refractivity contribution < 1.29 is 5.21 Å². The van der Waals surface area contributed by atoms with E-state index in [4.69, 9.17) is 5.21 Å². The Kier molecular flexibility index (Phi) is 1.33. The third-order valence-corrected chi connectivity index (χ3v) is 1.31. The highest BCUT2D eigenvalue weighted by molar-refractivity contribution is 5.79. The van der Waals surface area contributed by atoms with Crippen LogP contribution in [0.5, 0.6) is 0 Å². The Labute approximate surface area is 48.5 Å². The van der Waals surface area contributed by atoms with Crippen LogP contribution in [0, 0.1) is 0 Å². The fraction of sp³-hybridized carbons (Fsp3) is 0.500. The van der Waals surface area contributed by atoms with E-state index >= 15 is 0 Å². The van der Waals surface area contributed by atoms with Gasteiger partial charge in [-0.15, -0.1) is 0 Å².